The third-order valence-electron chi connectivity index (χ3n) is 7.12. The summed E-state index contributed by atoms with van der Waals surface area (Å²) in [5, 5.41) is 11.9. The molecular formula is C31H29FN8O3S. The number of aromatic amines is 2. The lowest BCUT2D eigenvalue weighted by Gasteiger charge is -2.08. The third-order valence-corrected chi connectivity index (χ3v) is 7.79. The maximum absolute atomic E-state index is 14.6. The van der Waals surface area contributed by atoms with Crippen LogP contribution in [0.5, 0.6) is 0 Å². The molecule has 224 valence electrons. The number of sulfonamides is 1. The molecule has 0 radical (unpaired) electrons. The number of carbonyl (C=O) groups is 1. The van der Waals surface area contributed by atoms with Crippen molar-refractivity contribution in [2.24, 2.45) is 0 Å². The van der Waals surface area contributed by atoms with Gasteiger partial charge in [-0.05, 0) is 65.6 Å². The highest BCUT2D eigenvalue weighted by Gasteiger charge is 2.17. The van der Waals surface area contributed by atoms with Crippen molar-refractivity contribution in [1.82, 2.24) is 34.9 Å². The van der Waals surface area contributed by atoms with Crippen molar-refractivity contribution in [3.63, 3.8) is 0 Å². The molecule has 0 bridgehead atoms. The monoisotopic (exact) mass is 612 g/mol. The molecule has 1 aromatic carbocycles. The van der Waals surface area contributed by atoms with Gasteiger partial charge in [-0.1, -0.05) is 13.3 Å². The fourth-order valence-electron chi connectivity index (χ4n) is 5.02. The molecule has 0 saturated carbocycles. The first-order chi connectivity index (χ1) is 21.2. The Hall–Kier alpha value is -5.01. The summed E-state index contributed by atoms with van der Waals surface area (Å²) in [6.07, 6.45) is 9.93. The van der Waals surface area contributed by atoms with Crippen LogP contribution in [0, 0.1) is 5.82 Å². The average Bonchev–Trinajstić information content (AvgIpc) is 3.62. The molecule has 0 aliphatic carbocycles. The van der Waals surface area contributed by atoms with Crippen molar-refractivity contribution in [3.8, 4) is 33.6 Å². The van der Waals surface area contributed by atoms with Crippen molar-refractivity contribution < 1.29 is 17.6 Å². The van der Waals surface area contributed by atoms with Crippen LogP contribution in [-0.4, -0.2) is 50.7 Å². The van der Waals surface area contributed by atoms with Crippen molar-refractivity contribution in [2.45, 2.75) is 32.7 Å². The SMILES string of the molecule is CCCCC(=O)Nc1cncc(-c2cnc3[nH]nc(-c4cc5c(-c6cc(F)cc(CNS(C)(=O)=O)c6)ccnc5[nH]4)c3c2)c1. The van der Waals surface area contributed by atoms with Gasteiger partial charge in [-0.25, -0.2) is 27.5 Å². The molecule has 5 heterocycles. The van der Waals surface area contributed by atoms with Gasteiger partial charge >= 0.3 is 0 Å². The number of nitrogens with zero attached hydrogens (tertiary/aromatic N) is 4. The molecule has 1 amide bonds. The number of nitrogens with one attached hydrogen (secondary N) is 4. The zero-order valence-electron chi connectivity index (χ0n) is 24.0. The lowest BCUT2D eigenvalue weighted by Crippen LogP contribution is -2.21. The molecule has 13 heteroatoms. The molecule has 5 aromatic heterocycles. The van der Waals surface area contributed by atoms with E-state index in [-0.39, 0.29) is 12.5 Å². The maximum atomic E-state index is 14.6. The van der Waals surface area contributed by atoms with Crippen molar-refractivity contribution in [3.05, 3.63) is 78.6 Å². The summed E-state index contributed by atoms with van der Waals surface area (Å²) in [5.41, 5.74) is 6.44. The van der Waals surface area contributed by atoms with E-state index in [0.29, 0.717) is 45.9 Å². The molecule has 4 N–H and O–H groups in total. The summed E-state index contributed by atoms with van der Waals surface area (Å²) in [6.45, 7) is 2.01. The number of halogens is 1. The zero-order chi connectivity index (χ0) is 30.8. The Bertz CT molecular complexity index is 2120. The number of pyridine rings is 3. The molecule has 0 fully saturated rings. The first-order valence-electron chi connectivity index (χ1n) is 14.0. The normalized spacial score (nSPS) is 11.8. The van der Waals surface area contributed by atoms with Crippen molar-refractivity contribution >= 4 is 43.7 Å². The number of hydrogen-bond donors (Lipinski definition) is 4. The van der Waals surface area contributed by atoms with E-state index >= 15 is 0 Å². The van der Waals surface area contributed by atoms with Gasteiger partial charge in [-0.3, -0.25) is 14.9 Å². The largest absolute Gasteiger partial charge is 0.338 e. The molecular weight excluding hydrogens is 583 g/mol. The Morgan fingerprint density at radius 1 is 0.955 bits per heavy atom. The van der Waals surface area contributed by atoms with Crippen molar-refractivity contribution in [2.75, 3.05) is 11.6 Å². The van der Waals surface area contributed by atoms with Crippen LogP contribution in [0.15, 0.2) is 67.3 Å². The predicted octanol–water partition coefficient (Wildman–Crippen LogP) is 5.55. The minimum atomic E-state index is -3.44. The van der Waals surface area contributed by atoms with Crippen LogP contribution in [0.3, 0.4) is 0 Å². The first kappa shape index (κ1) is 29.1. The number of rotatable bonds is 10. The molecule has 44 heavy (non-hydrogen) atoms. The van der Waals surface area contributed by atoms with Gasteiger partial charge in [-0.15, -0.1) is 0 Å². The summed E-state index contributed by atoms with van der Waals surface area (Å²) in [6, 6.07) is 11.9. The van der Waals surface area contributed by atoms with Gasteiger partial charge < -0.3 is 10.3 Å². The van der Waals surface area contributed by atoms with Gasteiger partial charge in [0.05, 0.1) is 23.8 Å². The second-order valence-electron chi connectivity index (χ2n) is 10.6. The van der Waals surface area contributed by atoms with Crippen LogP contribution in [0.2, 0.25) is 0 Å². The Kier molecular flexibility index (Phi) is 7.89. The van der Waals surface area contributed by atoms with Crippen LogP contribution in [0.4, 0.5) is 10.1 Å². The van der Waals surface area contributed by atoms with E-state index in [2.05, 4.69) is 40.2 Å². The Labute approximate surface area is 252 Å². The highest BCUT2D eigenvalue weighted by atomic mass is 32.2. The Morgan fingerprint density at radius 2 is 1.80 bits per heavy atom. The molecule has 0 spiro atoms. The van der Waals surface area contributed by atoms with Gasteiger partial charge in [0.1, 0.15) is 17.2 Å². The van der Waals surface area contributed by atoms with E-state index in [1.807, 2.05) is 25.1 Å². The highest BCUT2D eigenvalue weighted by Crippen LogP contribution is 2.35. The smallest absolute Gasteiger partial charge is 0.224 e. The summed E-state index contributed by atoms with van der Waals surface area (Å²) >= 11 is 0. The summed E-state index contributed by atoms with van der Waals surface area (Å²) in [5.74, 6) is -0.534. The summed E-state index contributed by atoms with van der Waals surface area (Å²) in [7, 11) is -3.44. The quantitative estimate of drug-likeness (QED) is 0.158. The number of amides is 1. The van der Waals surface area contributed by atoms with Gasteiger partial charge in [0.25, 0.3) is 0 Å². The van der Waals surface area contributed by atoms with Gasteiger partial charge in [0.2, 0.25) is 15.9 Å². The Morgan fingerprint density at radius 3 is 2.61 bits per heavy atom. The number of hydrogen-bond acceptors (Lipinski definition) is 7. The highest BCUT2D eigenvalue weighted by molar-refractivity contribution is 7.88. The number of benzene rings is 1. The number of anilines is 1. The predicted molar refractivity (Wildman–Crippen MR) is 167 cm³/mol. The molecule has 0 atom stereocenters. The first-order valence-corrected chi connectivity index (χ1v) is 15.9. The van der Waals surface area contributed by atoms with Gasteiger partial charge in [-0.2, -0.15) is 5.10 Å². The molecule has 6 aromatic rings. The Balaban J connectivity index is 1.35. The second-order valence-corrected chi connectivity index (χ2v) is 12.4. The lowest BCUT2D eigenvalue weighted by molar-refractivity contribution is -0.116. The standard InChI is InChI=1S/C31H29FN8O3S/c1-3-4-5-28(41)37-23-11-20(15-33-17-23)21-12-26-29(39-40-31(26)35-16-21)27-13-25-24(6-7-34-30(25)38-27)19-8-18(9-22(32)10-19)14-36-44(2,42)43/h6-13,15-17,36H,3-5,14H2,1-2H3,(H,34,38)(H,37,41)(H,35,39,40). The van der Waals surface area contributed by atoms with Gasteiger partial charge in [0.15, 0.2) is 5.65 Å². The average molecular weight is 613 g/mol. The van der Waals surface area contributed by atoms with E-state index in [0.717, 1.165) is 46.6 Å². The van der Waals surface area contributed by atoms with Crippen LogP contribution < -0.4 is 10.0 Å². The van der Waals surface area contributed by atoms with Gasteiger partial charge in [0, 0.05) is 53.5 Å². The molecule has 0 aliphatic rings. The minimum Gasteiger partial charge on any atom is -0.338 e. The van der Waals surface area contributed by atoms with Crippen LogP contribution in [-0.2, 0) is 21.4 Å². The van der Waals surface area contributed by atoms with Crippen LogP contribution in [0.1, 0.15) is 31.7 Å². The van der Waals surface area contributed by atoms with E-state index in [1.165, 1.54) is 12.1 Å². The number of unbranched alkanes of at least 4 members (excludes halogenated alkanes) is 1. The number of H-pyrrole nitrogens is 2. The van der Waals surface area contributed by atoms with E-state index < -0.39 is 15.8 Å². The van der Waals surface area contributed by atoms with Crippen molar-refractivity contribution in [1.29, 1.82) is 0 Å². The zero-order valence-corrected chi connectivity index (χ0v) is 24.8. The van der Waals surface area contributed by atoms with E-state index in [9.17, 15) is 17.6 Å². The minimum absolute atomic E-state index is 0.0333. The topological polar surface area (TPSA) is 158 Å². The molecule has 11 nitrogen and oxygen atoms in total. The molecule has 6 rings (SSSR count). The van der Waals surface area contributed by atoms with E-state index in [4.69, 9.17) is 0 Å². The van der Waals surface area contributed by atoms with E-state index in [1.54, 1.807) is 36.9 Å². The molecule has 0 aliphatic heterocycles. The second kappa shape index (κ2) is 11.9. The molecule has 0 saturated heterocycles. The number of fused-ring (bicyclic) bond motifs is 2. The van der Waals surface area contributed by atoms with Crippen LogP contribution in [0.25, 0.3) is 55.7 Å². The number of aromatic nitrogens is 6. The summed E-state index contributed by atoms with van der Waals surface area (Å²) in [4.78, 5) is 28.9. The third kappa shape index (κ3) is 6.33. The number of carbonyl (C=O) groups excluding carboxylic acids is 1. The maximum Gasteiger partial charge on any atom is 0.224 e. The molecule has 0 unspecified atom stereocenters. The fourth-order valence-corrected chi connectivity index (χ4v) is 5.45. The lowest BCUT2D eigenvalue weighted by atomic mass is 10.0. The summed E-state index contributed by atoms with van der Waals surface area (Å²) < 4.78 is 40.1. The van der Waals surface area contributed by atoms with Crippen LogP contribution >= 0.6 is 0 Å². The fraction of sp³-hybridized carbons (Fsp3) is 0.194.